The number of hydrogen-bond donors (Lipinski definition) is 1. The van der Waals surface area contributed by atoms with Crippen molar-refractivity contribution in [1.82, 2.24) is 19.8 Å². The summed E-state index contributed by atoms with van der Waals surface area (Å²) in [5, 5.41) is 3.27. The molecule has 1 aliphatic heterocycles. The number of nitrogens with zero attached hydrogens (tertiary/aromatic N) is 4. The van der Waals surface area contributed by atoms with Crippen LogP contribution < -0.4 is 5.32 Å². The molecule has 1 saturated heterocycles. The summed E-state index contributed by atoms with van der Waals surface area (Å²) in [4.78, 5) is 25.5. The molecule has 6 nitrogen and oxygen atoms in total. The van der Waals surface area contributed by atoms with E-state index in [2.05, 4.69) is 44.5 Å². The van der Waals surface area contributed by atoms with Gasteiger partial charge in [0.05, 0.1) is 5.56 Å². The van der Waals surface area contributed by atoms with Crippen molar-refractivity contribution < 1.29 is 4.79 Å². The number of rotatable bonds is 6. The molecular formula is C23H25N5O. The van der Waals surface area contributed by atoms with Gasteiger partial charge in [-0.1, -0.05) is 30.3 Å². The van der Waals surface area contributed by atoms with Gasteiger partial charge in [-0.3, -0.25) is 14.7 Å². The lowest BCUT2D eigenvalue weighted by molar-refractivity contribution is 0.0628. The highest BCUT2D eigenvalue weighted by atomic mass is 16.2. The van der Waals surface area contributed by atoms with Crippen molar-refractivity contribution in [2.45, 2.75) is 13.1 Å². The van der Waals surface area contributed by atoms with Gasteiger partial charge in [-0.15, -0.1) is 0 Å². The Morgan fingerprint density at radius 3 is 2.34 bits per heavy atom. The van der Waals surface area contributed by atoms with E-state index >= 15 is 0 Å². The molecule has 0 radical (unpaired) electrons. The van der Waals surface area contributed by atoms with E-state index in [0.717, 1.165) is 44.1 Å². The second-order valence-electron chi connectivity index (χ2n) is 7.20. The minimum Gasteiger partial charge on any atom is -0.366 e. The zero-order valence-corrected chi connectivity index (χ0v) is 16.4. The van der Waals surface area contributed by atoms with Crippen LogP contribution in [-0.4, -0.2) is 51.9 Å². The third kappa shape index (κ3) is 5.18. The van der Waals surface area contributed by atoms with Crippen LogP contribution in [0.1, 0.15) is 21.5 Å². The normalized spacial score (nSPS) is 14.6. The number of carbonyl (C=O) groups excluding carboxylic acids is 1. The molecule has 4 rings (SSSR count). The molecule has 1 aromatic carbocycles. The van der Waals surface area contributed by atoms with Gasteiger partial charge in [0.1, 0.15) is 5.82 Å². The van der Waals surface area contributed by atoms with Crippen LogP contribution in [0.2, 0.25) is 0 Å². The largest absolute Gasteiger partial charge is 0.366 e. The summed E-state index contributed by atoms with van der Waals surface area (Å²) < 4.78 is 0. The first-order valence-corrected chi connectivity index (χ1v) is 9.92. The minimum atomic E-state index is 0.0533. The van der Waals surface area contributed by atoms with Crippen LogP contribution in [0.5, 0.6) is 0 Å². The number of piperazine rings is 1. The minimum absolute atomic E-state index is 0.0533. The summed E-state index contributed by atoms with van der Waals surface area (Å²) in [5.74, 6) is 0.809. The predicted molar refractivity (Wildman–Crippen MR) is 113 cm³/mol. The first kappa shape index (κ1) is 19.1. The molecule has 0 bridgehead atoms. The number of nitrogens with one attached hydrogen (secondary N) is 1. The van der Waals surface area contributed by atoms with Crippen molar-refractivity contribution in [3.05, 3.63) is 89.9 Å². The third-order valence-corrected chi connectivity index (χ3v) is 5.14. The van der Waals surface area contributed by atoms with Crippen LogP contribution >= 0.6 is 0 Å². The molecule has 6 heteroatoms. The molecule has 0 saturated carbocycles. The van der Waals surface area contributed by atoms with E-state index in [1.54, 1.807) is 18.6 Å². The molecule has 0 unspecified atom stereocenters. The lowest BCUT2D eigenvalue weighted by Gasteiger charge is -2.34. The number of carbonyl (C=O) groups is 1. The fraction of sp³-hybridized carbons (Fsp3) is 0.261. The van der Waals surface area contributed by atoms with Crippen LogP contribution in [0.3, 0.4) is 0 Å². The lowest BCUT2D eigenvalue weighted by Crippen LogP contribution is -2.48. The van der Waals surface area contributed by atoms with Gasteiger partial charge in [-0.05, 0) is 35.4 Å². The SMILES string of the molecule is O=C(c1ccc(NCc2ccncc2)nc1)N1CCN(Cc2ccccc2)CC1. The highest BCUT2D eigenvalue weighted by Gasteiger charge is 2.22. The number of anilines is 1. The lowest BCUT2D eigenvalue weighted by atomic mass is 10.2. The molecule has 3 heterocycles. The average Bonchev–Trinajstić information content (AvgIpc) is 2.79. The summed E-state index contributed by atoms with van der Waals surface area (Å²) in [7, 11) is 0. The monoisotopic (exact) mass is 387 g/mol. The van der Waals surface area contributed by atoms with Crippen molar-refractivity contribution in [3.63, 3.8) is 0 Å². The fourth-order valence-electron chi connectivity index (χ4n) is 3.45. The van der Waals surface area contributed by atoms with Crippen molar-refractivity contribution >= 4 is 11.7 Å². The van der Waals surface area contributed by atoms with Gasteiger partial charge in [0.15, 0.2) is 0 Å². The van der Waals surface area contributed by atoms with E-state index in [4.69, 9.17) is 0 Å². The quantitative estimate of drug-likeness (QED) is 0.704. The van der Waals surface area contributed by atoms with Gasteiger partial charge in [0, 0.05) is 57.9 Å². The second kappa shape index (κ2) is 9.30. The zero-order chi connectivity index (χ0) is 19.9. The summed E-state index contributed by atoms with van der Waals surface area (Å²) in [6.07, 6.45) is 5.20. The van der Waals surface area contributed by atoms with Crippen molar-refractivity contribution in [2.75, 3.05) is 31.5 Å². The topological polar surface area (TPSA) is 61.4 Å². The van der Waals surface area contributed by atoms with E-state index in [1.807, 2.05) is 35.2 Å². The molecule has 1 fully saturated rings. The third-order valence-electron chi connectivity index (χ3n) is 5.14. The second-order valence-corrected chi connectivity index (χ2v) is 7.20. The zero-order valence-electron chi connectivity index (χ0n) is 16.4. The summed E-state index contributed by atoms with van der Waals surface area (Å²) >= 11 is 0. The number of pyridine rings is 2. The van der Waals surface area contributed by atoms with Gasteiger partial charge in [0.25, 0.3) is 5.91 Å². The molecular weight excluding hydrogens is 362 g/mol. The maximum atomic E-state index is 12.8. The van der Waals surface area contributed by atoms with Gasteiger partial charge in [-0.2, -0.15) is 0 Å². The van der Waals surface area contributed by atoms with Crippen LogP contribution in [0.25, 0.3) is 0 Å². The Balaban J connectivity index is 1.27. The fourth-order valence-corrected chi connectivity index (χ4v) is 3.45. The van der Waals surface area contributed by atoms with Crippen LogP contribution in [0.15, 0.2) is 73.2 Å². The molecule has 0 aliphatic carbocycles. The van der Waals surface area contributed by atoms with Crippen LogP contribution in [0.4, 0.5) is 5.82 Å². The molecule has 1 N–H and O–H groups in total. The molecule has 2 aromatic heterocycles. The van der Waals surface area contributed by atoms with Crippen LogP contribution in [0, 0.1) is 0 Å². The van der Waals surface area contributed by atoms with Gasteiger partial charge in [0.2, 0.25) is 0 Å². The van der Waals surface area contributed by atoms with Gasteiger partial charge < -0.3 is 10.2 Å². The molecule has 1 amide bonds. The van der Waals surface area contributed by atoms with E-state index in [1.165, 1.54) is 5.56 Å². The number of aromatic nitrogens is 2. The Morgan fingerprint density at radius 1 is 0.897 bits per heavy atom. The number of amides is 1. The first-order valence-electron chi connectivity index (χ1n) is 9.92. The maximum Gasteiger partial charge on any atom is 0.255 e. The van der Waals surface area contributed by atoms with E-state index in [0.29, 0.717) is 12.1 Å². The molecule has 1 aliphatic rings. The van der Waals surface area contributed by atoms with Crippen molar-refractivity contribution in [1.29, 1.82) is 0 Å². The molecule has 29 heavy (non-hydrogen) atoms. The highest BCUT2D eigenvalue weighted by Crippen LogP contribution is 2.13. The van der Waals surface area contributed by atoms with Crippen LogP contribution in [-0.2, 0) is 13.1 Å². The van der Waals surface area contributed by atoms with Crippen molar-refractivity contribution in [3.8, 4) is 0 Å². The summed E-state index contributed by atoms with van der Waals surface area (Å²) in [5.41, 5.74) is 3.08. The molecule has 3 aromatic rings. The Labute approximate surface area is 171 Å². The van der Waals surface area contributed by atoms with E-state index < -0.39 is 0 Å². The van der Waals surface area contributed by atoms with Crippen molar-refractivity contribution in [2.24, 2.45) is 0 Å². The maximum absolute atomic E-state index is 12.8. The molecule has 0 atom stereocenters. The summed E-state index contributed by atoms with van der Waals surface area (Å²) in [6, 6.07) is 18.1. The Morgan fingerprint density at radius 2 is 1.66 bits per heavy atom. The average molecular weight is 387 g/mol. The van der Waals surface area contributed by atoms with E-state index in [9.17, 15) is 4.79 Å². The summed E-state index contributed by atoms with van der Waals surface area (Å²) in [6.45, 7) is 4.87. The Bertz CT molecular complexity index is 907. The first-order chi connectivity index (χ1) is 14.3. The Kier molecular flexibility index (Phi) is 6.12. The molecule has 148 valence electrons. The molecule has 0 spiro atoms. The van der Waals surface area contributed by atoms with Gasteiger partial charge in [-0.25, -0.2) is 4.98 Å². The Hall–Kier alpha value is -3.25. The predicted octanol–water partition coefficient (Wildman–Crippen LogP) is 3.05. The van der Waals surface area contributed by atoms with Gasteiger partial charge >= 0.3 is 0 Å². The number of hydrogen-bond acceptors (Lipinski definition) is 5. The van der Waals surface area contributed by atoms with E-state index in [-0.39, 0.29) is 5.91 Å². The standard InChI is InChI=1S/C23H25N5O/c29-23(28-14-12-27(13-15-28)18-20-4-2-1-3-5-20)21-6-7-22(26-17-21)25-16-19-8-10-24-11-9-19/h1-11,17H,12-16,18H2,(H,25,26). The highest BCUT2D eigenvalue weighted by molar-refractivity contribution is 5.94. The number of benzene rings is 1. The smallest absolute Gasteiger partial charge is 0.255 e.